The molecule has 1 saturated carbocycles. The highest BCUT2D eigenvalue weighted by molar-refractivity contribution is 5.55. The monoisotopic (exact) mass is 139 g/mol. The first-order valence-corrected chi connectivity index (χ1v) is 4.01. The molecule has 56 valence electrons. The van der Waals surface area contributed by atoms with Crippen LogP contribution in [0.3, 0.4) is 0 Å². The first kappa shape index (κ1) is 6.35. The first-order chi connectivity index (χ1) is 4.85. The van der Waals surface area contributed by atoms with Crippen LogP contribution in [0.25, 0.3) is 0 Å². The van der Waals surface area contributed by atoms with Crippen LogP contribution in [0.1, 0.15) is 19.3 Å². The maximum absolute atomic E-state index is 10.3. The van der Waals surface area contributed by atoms with Gasteiger partial charge in [0.1, 0.15) is 6.29 Å². The van der Waals surface area contributed by atoms with E-state index in [1.165, 1.54) is 6.42 Å². The molecule has 2 rings (SSSR count). The third-order valence-electron chi connectivity index (χ3n) is 2.91. The number of carbonyl (C=O) groups excluding carboxylic acids is 1. The van der Waals surface area contributed by atoms with Crippen molar-refractivity contribution in [2.45, 2.75) is 19.3 Å². The maximum Gasteiger partial charge on any atom is 0.123 e. The third-order valence-corrected chi connectivity index (χ3v) is 2.91. The minimum Gasteiger partial charge on any atom is -0.316 e. The SMILES string of the molecule is O=CC1CC2(CCNC2)C1. The van der Waals surface area contributed by atoms with Crippen molar-refractivity contribution in [2.75, 3.05) is 13.1 Å². The average molecular weight is 139 g/mol. The van der Waals surface area contributed by atoms with Gasteiger partial charge in [0.2, 0.25) is 0 Å². The number of nitrogens with one attached hydrogen (secondary N) is 1. The molecule has 0 aromatic rings. The quantitative estimate of drug-likeness (QED) is 0.538. The predicted molar refractivity (Wildman–Crippen MR) is 38.7 cm³/mol. The summed E-state index contributed by atoms with van der Waals surface area (Å²) in [5.74, 6) is 0.389. The van der Waals surface area contributed by atoms with Gasteiger partial charge in [0.25, 0.3) is 0 Å². The van der Waals surface area contributed by atoms with Gasteiger partial charge in [-0.15, -0.1) is 0 Å². The van der Waals surface area contributed by atoms with E-state index in [0.29, 0.717) is 11.3 Å². The summed E-state index contributed by atoms with van der Waals surface area (Å²) in [5, 5.41) is 3.34. The maximum atomic E-state index is 10.3. The molecule has 0 aromatic carbocycles. The smallest absolute Gasteiger partial charge is 0.123 e. The van der Waals surface area contributed by atoms with Gasteiger partial charge in [-0.3, -0.25) is 0 Å². The van der Waals surface area contributed by atoms with Crippen LogP contribution in [0.15, 0.2) is 0 Å². The highest BCUT2D eigenvalue weighted by atomic mass is 16.1. The largest absolute Gasteiger partial charge is 0.316 e. The topological polar surface area (TPSA) is 29.1 Å². The normalized spacial score (nSPS) is 45.4. The van der Waals surface area contributed by atoms with Crippen LogP contribution in [0.4, 0.5) is 0 Å². The molecule has 1 N–H and O–H groups in total. The molecule has 1 heterocycles. The Balaban J connectivity index is 1.92. The summed E-state index contributed by atoms with van der Waals surface area (Å²) >= 11 is 0. The summed E-state index contributed by atoms with van der Waals surface area (Å²) < 4.78 is 0. The van der Waals surface area contributed by atoms with Gasteiger partial charge in [0.05, 0.1) is 0 Å². The van der Waals surface area contributed by atoms with Crippen molar-refractivity contribution >= 4 is 6.29 Å². The molecular weight excluding hydrogens is 126 g/mol. The van der Waals surface area contributed by atoms with Crippen molar-refractivity contribution in [2.24, 2.45) is 11.3 Å². The third kappa shape index (κ3) is 0.788. The molecule has 0 radical (unpaired) electrons. The zero-order valence-corrected chi connectivity index (χ0v) is 6.10. The fraction of sp³-hybridized carbons (Fsp3) is 0.875. The van der Waals surface area contributed by atoms with E-state index in [1.807, 2.05) is 0 Å². The van der Waals surface area contributed by atoms with Crippen LogP contribution in [0.2, 0.25) is 0 Å². The Hall–Kier alpha value is -0.370. The molecule has 0 unspecified atom stereocenters. The van der Waals surface area contributed by atoms with E-state index in [1.54, 1.807) is 0 Å². The number of hydrogen-bond donors (Lipinski definition) is 1. The second kappa shape index (κ2) is 2.06. The number of hydrogen-bond acceptors (Lipinski definition) is 2. The van der Waals surface area contributed by atoms with Gasteiger partial charge in [0, 0.05) is 12.5 Å². The van der Waals surface area contributed by atoms with Gasteiger partial charge in [0.15, 0.2) is 0 Å². The zero-order chi connectivity index (χ0) is 7.03. The Morgan fingerprint density at radius 3 is 2.80 bits per heavy atom. The molecule has 10 heavy (non-hydrogen) atoms. The molecule has 0 bridgehead atoms. The van der Waals surface area contributed by atoms with E-state index in [4.69, 9.17) is 0 Å². The summed E-state index contributed by atoms with van der Waals surface area (Å²) in [4.78, 5) is 10.3. The molecule has 1 aliphatic heterocycles. The lowest BCUT2D eigenvalue weighted by atomic mass is 9.62. The summed E-state index contributed by atoms with van der Waals surface area (Å²) in [5.41, 5.74) is 0.547. The molecule has 0 atom stereocenters. The minimum atomic E-state index is 0.389. The van der Waals surface area contributed by atoms with E-state index < -0.39 is 0 Å². The Morgan fingerprint density at radius 2 is 2.30 bits per heavy atom. The van der Waals surface area contributed by atoms with Crippen molar-refractivity contribution in [1.29, 1.82) is 0 Å². The highest BCUT2D eigenvalue weighted by Crippen LogP contribution is 2.48. The Bertz CT molecular complexity index is 141. The molecule has 1 spiro atoms. The molecule has 2 nitrogen and oxygen atoms in total. The van der Waals surface area contributed by atoms with Crippen LogP contribution in [-0.2, 0) is 4.79 Å². The molecule has 0 amide bonds. The molecule has 1 aliphatic carbocycles. The first-order valence-electron chi connectivity index (χ1n) is 4.01. The van der Waals surface area contributed by atoms with Crippen molar-refractivity contribution < 1.29 is 4.79 Å². The van der Waals surface area contributed by atoms with Crippen LogP contribution >= 0.6 is 0 Å². The molecule has 0 aromatic heterocycles. The Morgan fingerprint density at radius 1 is 1.50 bits per heavy atom. The van der Waals surface area contributed by atoms with Crippen molar-refractivity contribution in [3.63, 3.8) is 0 Å². The van der Waals surface area contributed by atoms with Gasteiger partial charge < -0.3 is 10.1 Å². The fourth-order valence-corrected chi connectivity index (χ4v) is 2.29. The number of aldehydes is 1. The number of carbonyl (C=O) groups is 1. The van der Waals surface area contributed by atoms with E-state index in [0.717, 1.165) is 32.2 Å². The van der Waals surface area contributed by atoms with Crippen molar-refractivity contribution in [3.05, 3.63) is 0 Å². The van der Waals surface area contributed by atoms with E-state index in [2.05, 4.69) is 5.32 Å². The second-order valence-corrected chi connectivity index (χ2v) is 3.73. The van der Waals surface area contributed by atoms with Crippen molar-refractivity contribution in [3.8, 4) is 0 Å². The van der Waals surface area contributed by atoms with Crippen LogP contribution in [0, 0.1) is 11.3 Å². The lowest BCUT2D eigenvalue weighted by molar-refractivity contribution is -0.117. The lowest BCUT2D eigenvalue weighted by Crippen LogP contribution is -2.39. The average Bonchev–Trinajstić information content (AvgIpc) is 2.30. The second-order valence-electron chi connectivity index (χ2n) is 3.73. The summed E-state index contributed by atoms with van der Waals surface area (Å²) in [6.07, 6.45) is 4.69. The molecular formula is C8H13NO. The molecule has 2 aliphatic rings. The van der Waals surface area contributed by atoms with Gasteiger partial charge in [-0.2, -0.15) is 0 Å². The van der Waals surface area contributed by atoms with E-state index in [9.17, 15) is 4.79 Å². The fourth-order valence-electron chi connectivity index (χ4n) is 2.29. The number of rotatable bonds is 1. The van der Waals surface area contributed by atoms with Gasteiger partial charge in [-0.25, -0.2) is 0 Å². The zero-order valence-electron chi connectivity index (χ0n) is 6.10. The Kier molecular flexibility index (Phi) is 1.31. The predicted octanol–water partition coefficient (Wildman–Crippen LogP) is 0.575. The molecule has 2 fully saturated rings. The van der Waals surface area contributed by atoms with Crippen LogP contribution < -0.4 is 5.32 Å². The summed E-state index contributed by atoms with van der Waals surface area (Å²) in [6.45, 7) is 2.31. The summed E-state index contributed by atoms with van der Waals surface area (Å²) in [6, 6.07) is 0. The van der Waals surface area contributed by atoms with E-state index >= 15 is 0 Å². The van der Waals surface area contributed by atoms with Crippen molar-refractivity contribution in [1.82, 2.24) is 5.32 Å². The molecule has 2 heteroatoms. The lowest BCUT2D eigenvalue weighted by Gasteiger charge is -2.42. The van der Waals surface area contributed by atoms with Gasteiger partial charge in [-0.05, 0) is 31.2 Å². The Labute approximate surface area is 61.0 Å². The minimum absolute atomic E-state index is 0.389. The summed E-state index contributed by atoms with van der Waals surface area (Å²) in [7, 11) is 0. The van der Waals surface area contributed by atoms with Crippen LogP contribution in [0.5, 0.6) is 0 Å². The molecule has 1 saturated heterocycles. The van der Waals surface area contributed by atoms with Crippen LogP contribution in [-0.4, -0.2) is 19.4 Å². The van der Waals surface area contributed by atoms with Gasteiger partial charge in [-0.1, -0.05) is 0 Å². The van der Waals surface area contributed by atoms with Gasteiger partial charge >= 0.3 is 0 Å². The highest BCUT2D eigenvalue weighted by Gasteiger charge is 2.45. The standard InChI is InChI=1S/C8H13NO/c10-5-7-3-8(4-7)1-2-9-6-8/h5,7,9H,1-4,6H2. The van der Waals surface area contributed by atoms with E-state index in [-0.39, 0.29) is 0 Å².